The van der Waals surface area contributed by atoms with Crippen LogP contribution < -0.4 is 5.43 Å². The van der Waals surface area contributed by atoms with Gasteiger partial charge in [0.2, 0.25) is 5.43 Å². The minimum atomic E-state index is -1.50. The zero-order valence-electron chi connectivity index (χ0n) is 26.9. The maximum atomic E-state index is 14.8. The number of hydrogen-bond acceptors (Lipinski definition) is 10. The molecule has 4 aromatic carbocycles. The van der Waals surface area contributed by atoms with Crippen LogP contribution in [0.25, 0.3) is 10.9 Å². The highest BCUT2D eigenvalue weighted by Crippen LogP contribution is 2.38. The van der Waals surface area contributed by atoms with Crippen LogP contribution in [0.2, 0.25) is 5.02 Å². The van der Waals surface area contributed by atoms with E-state index in [1.54, 1.807) is 73.7 Å². The summed E-state index contributed by atoms with van der Waals surface area (Å²) in [4.78, 5) is 66.6. The summed E-state index contributed by atoms with van der Waals surface area (Å²) in [6.07, 6.45) is -4.57. The van der Waals surface area contributed by atoms with Crippen molar-refractivity contribution in [3.63, 3.8) is 0 Å². The number of carbonyl (C=O) groups excluding carboxylic acids is 4. The second-order valence-corrected chi connectivity index (χ2v) is 11.7. The molecule has 13 heteroatoms. The Hall–Kier alpha value is -5.85. The van der Waals surface area contributed by atoms with Crippen molar-refractivity contribution in [2.45, 2.75) is 31.5 Å². The molecule has 0 aliphatic carbocycles. The van der Waals surface area contributed by atoms with Crippen LogP contribution in [0.15, 0.2) is 114 Å². The number of nitrogens with zero attached hydrogens (tertiary/aromatic N) is 1. The molecule has 0 spiro atoms. The third-order valence-corrected chi connectivity index (χ3v) is 8.31. The standard InChI is InChI=1S/C38H29ClFNO10/c1-2-47-38(46)26-20-41(29-19-27(39)28(40)18-25(29)31(26)42)34-33(51-37(45)24-16-10-5-11-17-24)32(50-36(44)23-14-8-4-9-15-23)30(49-34)21-48-35(43)22-12-6-3-7-13-22/h3-20,30,32-34H,2,21H2,1H3/t30-,32-,33-,34-/m1/s1. The second-order valence-electron chi connectivity index (χ2n) is 11.3. The molecule has 0 N–H and O–H groups in total. The van der Waals surface area contributed by atoms with E-state index in [4.69, 9.17) is 35.3 Å². The first-order valence-electron chi connectivity index (χ1n) is 15.8. The molecule has 0 radical (unpaired) electrons. The Morgan fingerprint density at radius 2 is 1.27 bits per heavy atom. The van der Waals surface area contributed by atoms with Crippen molar-refractivity contribution in [1.82, 2.24) is 4.57 Å². The Labute approximate surface area is 295 Å². The molecule has 51 heavy (non-hydrogen) atoms. The fraction of sp³-hybridized carbons (Fsp3) is 0.184. The fourth-order valence-corrected chi connectivity index (χ4v) is 5.75. The first-order chi connectivity index (χ1) is 24.7. The van der Waals surface area contributed by atoms with E-state index in [2.05, 4.69) is 0 Å². The van der Waals surface area contributed by atoms with Crippen molar-refractivity contribution in [3.8, 4) is 0 Å². The van der Waals surface area contributed by atoms with Gasteiger partial charge in [-0.2, -0.15) is 0 Å². The lowest BCUT2D eigenvalue weighted by Crippen LogP contribution is -2.41. The van der Waals surface area contributed by atoms with Crippen LogP contribution in [0.3, 0.4) is 0 Å². The Morgan fingerprint density at radius 1 is 0.745 bits per heavy atom. The molecule has 260 valence electrons. The summed E-state index contributed by atoms with van der Waals surface area (Å²) in [6, 6.07) is 26.1. The molecule has 1 fully saturated rings. The van der Waals surface area contributed by atoms with Crippen LogP contribution in [-0.2, 0) is 23.7 Å². The third-order valence-electron chi connectivity index (χ3n) is 8.02. The van der Waals surface area contributed by atoms with E-state index in [1.165, 1.54) is 28.8 Å². The lowest BCUT2D eigenvalue weighted by molar-refractivity contribution is -0.0605. The van der Waals surface area contributed by atoms with Crippen molar-refractivity contribution in [2.24, 2.45) is 0 Å². The monoisotopic (exact) mass is 713 g/mol. The molecule has 1 aliphatic heterocycles. The minimum Gasteiger partial charge on any atom is -0.462 e. The van der Waals surface area contributed by atoms with Gasteiger partial charge in [-0.15, -0.1) is 0 Å². The Bertz CT molecular complexity index is 2140. The molecule has 6 rings (SSSR count). The van der Waals surface area contributed by atoms with Gasteiger partial charge >= 0.3 is 23.9 Å². The number of halogens is 2. The van der Waals surface area contributed by atoms with E-state index in [0.717, 1.165) is 18.3 Å². The highest BCUT2D eigenvalue weighted by Gasteiger charge is 2.51. The number of aromatic nitrogens is 1. The number of fused-ring (bicyclic) bond motifs is 1. The lowest BCUT2D eigenvalue weighted by atomic mass is 10.1. The van der Waals surface area contributed by atoms with Crippen molar-refractivity contribution < 1.29 is 47.3 Å². The molecule has 4 atom stereocenters. The largest absolute Gasteiger partial charge is 0.462 e. The van der Waals surface area contributed by atoms with Gasteiger partial charge in [0, 0.05) is 11.6 Å². The Kier molecular flexibility index (Phi) is 10.5. The predicted molar refractivity (Wildman–Crippen MR) is 181 cm³/mol. The van der Waals surface area contributed by atoms with E-state index in [1.807, 2.05) is 0 Å². The molecule has 1 aliphatic rings. The first kappa shape index (κ1) is 35.0. The number of pyridine rings is 1. The predicted octanol–water partition coefficient (Wildman–Crippen LogP) is 6.18. The van der Waals surface area contributed by atoms with E-state index in [0.29, 0.717) is 0 Å². The molecule has 0 saturated carbocycles. The van der Waals surface area contributed by atoms with Crippen LogP contribution in [0.5, 0.6) is 0 Å². The Morgan fingerprint density at radius 3 is 1.82 bits per heavy atom. The zero-order valence-corrected chi connectivity index (χ0v) is 27.7. The molecule has 1 saturated heterocycles. The van der Waals surface area contributed by atoms with Crippen LogP contribution in [0.1, 0.15) is 54.6 Å². The molecule has 0 amide bonds. The van der Waals surface area contributed by atoms with Crippen molar-refractivity contribution in [2.75, 3.05) is 13.2 Å². The van der Waals surface area contributed by atoms with Gasteiger partial charge in [-0.3, -0.25) is 4.79 Å². The molecule has 1 aromatic heterocycles. The van der Waals surface area contributed by atoms with Gasteiger partial charge in [0.15, 0.2) is 18.4 Å². The summed E-state index contributed by atoms with van der Waals surface area (Å²) in [5.74, 6) is -4.31. The molecule has 0 bridgehead atoms. The highest BCUT2D eigenvalue weighted by molar-refractivity contribution is 6.31. The smallest absolute Gasteiger partial charge is 0.343 e. The van der Waals surface area contributed by atoms with E-state index in [-0.39, 0.29) is 39.2 Å². The molecule has 2 heterocycles. The third kappa shape index (κ3) is 7.52. The van der Waals surface area contributed by atoms with Gasteiger partial charge < -0.3 is 28.3 Å². The fourth-order valence-electron chi connectivity index (χ4n) is 5.59. The van der Waals surface area contributed by atoms with Crippen LogP contribution >= 0.6 is 11.6 Å². The quantitative estimate of drug-likeness (QED) is 0.122. The molecular weight excluding hydrogens is 685 g/mol. The maximum absolute atomic E-state index is 14.8. The summed E-state index contributed by atoms with van der Waals surface area (Å²) in [6.45, 7) is 0.979. The second kappa shape index (κ2) is 15.4. The summed E-state index contributed by atoms with van der Waals surface area (Å²) in [7, 11) is 0. The van der Waals surface area contributed by atoms with Gasteiger partial charge in [0.25, 0.3) is 0 Å². The van der Waals surface area contributed by atoms with E-state index in [9.17, 15) is 28.4 Å². The van der Waals surface area contributed by atoms with Crippen LogP contribution in [-0.4, -0.2) is 60.0 Å². The zero-order chi connectivity index (χ0) is 36.1. The van der Waals surface area contributed by atoms with Gasteiger partial charge in [-0.25, -0.2) is 23.6 Å². The highest BCUT2D eigenvalue weighted by atomic mass is 35.5. The van der Waals surface area contributed by atoms with E-state index < -0.39 is 71.8 Å². The Balaban J connectivity index is 1.49. The number of carbonyl (C=O) groups is 4. The average molecular weight is 714 g/mol. The van der Waals surface area contributed by atoms with Gasteiger partial charge in [0.05, 0.1) is 33.8 Å². The maximum Gasteiger partial charge on any atom is 0.343 e. The summed E-state index contributed by atoms with van der Waals surface area (Å²) in [5, 5.41) is -0.633. The van der Waals surface area contributed by atoms with Crippen molar-refractivity contribution in [1.29, 1.82) is 0 Å². The average Bonchev–Trinajstić information content (AvgIpc) is 3.48. The van der Waals surface area contributed by atoms with Gasteiger partial charge in [-0.1, -0.05) is 66.2 Å². The van der Waals surface area contributed by atoms with Crippen LogP contribution in [0, 0.1) is 5.82 Å². The number of hydrogen-bond donors (Lipinski definition) is 0. The molecular formula is C38H29ClFNO10. The molecule has 11 nitrogen and oxygen atoms in total. The van der Waals surface area contributed by atoms with Gasteiger partial charge in [-0.05, 0) is 55.5 Å². The van der Waals surface area contributed by atoms with Crippen molar-refractivity contribution in [3.05, 3.63) is 153 Å². The normalized spacial score (nSPS) is 18.2. The topological polar surface area (TPSA) is 136 Å². The number of ether oxygens (including phenoxy) is 5. The summed E-state index contributed by atoms with van der Waals surface area (Å²) in [5.41, 5.74) is -0.814. The SMILES string of the molecule is CCOC(=O)c1cn([C@@H]2O[C@H](COC(=O)c3ccccc3)[C@@H](OC(=O)c3ccccc3)[C@H]2OC(=O)c2ccccc2)c2cc(Cl)c(F)cc2c1=O. The number of benzene rings is 4. The summed E-state index contributed by atoms with van der Waals surface area (Å²) < 4.78 is 45.1. The van der Waals surface area contributed by atoms with Gasteiger partial charge in [0.1, 0.15) is 24.1 Å². The first-order valence-corrected chi connectivity index (χ1v) is 16.1. The minimum absolute atomic E-state index is 0.0136. The molecule has 5 aromatic rings. The number of esters is 4. The summed E-state index contributed by atoms with van der Waals surface area (Å²) >= 11 is 6.17. The van der Waals surface area contributed by atoms with Crippen LogP contribution in [0.4, 0.5) is 4.39 Å². The molecule has 0 unspecified atom stereocenters. The van der Waals surface area contributed by atoms with E-state index >= 15 is 0 Å². The van der Waals surface area contributed by atoms with Crippen molar-refractivity contribution >= 4 is 46.4 Å². The lowest BCUT2D eigenvalue weighted by Gasteiger charge is -2.26. The number of rotatable bonds is 10.